The van der Waals surface area contributed by atoms with Gasteiger partial charge in [-0.05, 0) is 18.2 Å². The Labute approximate surface area is 93.4 Å². The first-order chi connectivity index (χ1) is 7.91. The Balaban J connectivity index is 2.73. The summed E-state index contributed by atoms with van der Waals surface area (Å²) in [4.78, 5) is 11.5. The summed E-state index contributed by atoms with van der Waals surface area (Å²) in [6, 6.07) is 4.46. The molecule has 0 spiro atoms. The van der Waals surface area contributed by atoms with E-state index in [0.29, 0.717) is 11.8 Å². The highest BCUT2D eigenvalue weighted by molar-refractivity contribution is 5.78. The summed E-state index contributed by atoms with van der Waals surface area (Å²) in [6.07, 6.45) is -4.67. The molecule has 0 amide bonds. The second-order valence-corrected chi connectivity index (χ2v) is 3.33. The zero-order valence-corrected chi connectivity index (χ0v) is 8.67. The van der Waals surface area contributed by atoms with Gasteiger partial charge in [0.1, 0.15) is 11.3 Å². The van der Waals surface area contributed by atoms with Gasteiger partial charge in [0.05, 0.1) is 12.5 Å². The Morgan fingerprint density at radius 2 is 1.94 bits per heavy atom. The largest absolute Gasteiger partial charge is 0.497 e. The third-order valence-electron chi connectivity index (χ3n) is 2.21. The lowest BCUT2D eigenvalue weighted by atomic mass is 10.2. The molecule has 3 nitrogen and oxygen atoms in total. The van der Waals surface area contributed by atoms with E-state index in [1.165, 1.54) is 25.3 Å². The van der Waals surface area contributed by atoms with Crippen LogP contribution in [0, 0.1) is 0 Å². The molecule has 2 rings (SSSR count). The molecule has 0 saturated carbocycles. The van der Waals surface area contributed by atoms with Gasteiger partial charge >= 0.3 is 6.18 Å². The topological polar surface area (TPSA) is 39.4 Å². The van der Waals surface area contributed by atoms with Crippen LogP contribution in [-0.2, 0) is 6.18 Å². The number of fused-ring (bicyclic) bond motifs is 1. The van der Waals surface area contributed by atoms with Gasteiger partial charge in [-0.2, -0.15) is 13.2 Å². The fraction of sp³-hybridized carbons (Fsp3) is 0.182. The highest BCUT2D eigenvalue weighted by Crippen LogP contribution is 2.30. The Kier molecular flexibility index (Phi) is 2.57. The van der Waals surface area contributed by atoms with E-state index in [4.69, 9.17) is 4.74 Å². The summed E-state index contributed by atoms with van der Waals surface area (Å²) in [5, 5.41) is 0.0531. The lowest BCUT2D eigenvalue weighted by molar-refractivity contribution is -0.152. The molecule has 17 heavy (non-hydrogen) atoms. The van der Waals surface area contributed by atoms with E-state index in [1.807, 2.05) is 0 Å². The molecule has 2 aromatic rings. The molecule has 90 valence electrons. The first kappa shape index (κ1) is 11.5. The predicted molar refractivity (Wildman–Crippen MR) is 54.0 cm³/mol. The highest BCUT2D eigenvalue weighted by Gasteiger charge is 2.34. The summed E-state index contributed by atoms with van der Waals surface area (Å²) in [5.74, 6) is -0.926. The summed E-state index contributed by atoms with van der Waals surface area (Å²) < 4.78 is 46.6. The second kappa shape index (κ2) is 3.80. The smallest absolute Gasteiger partial charge is 0.449 e. The number of rotatable bonds is 1. The van der Waals surface area contributed by atoms with Crippen molar-refractivity contribution < 1.29 is 22.3 Å². The number of ether oxygens (including phenoxy) is 1. The molecule has 6 heteroatoms. The molecule has 0 saturated heterocycles. The standard InChI is InChI=1S/C11H7F3O3/c1-16-6-2-3-9-7(4-6)8(15)5-10(17-9)11(12,13)14/h2-5H,1H3. The molecule has 0 aliphatic carbocycles. The van der Waals surface area contributed by atoms with E-state index in [-0.39, 0.29) is 11.0 Å². The zero-order valence-electron chi connectivity index (χ0n) is 8.67. The van der Waals surface area contributed by atoms with Gasteiger partial charge in [-0.15, -0.1) is 0 Å². The van der Waals surface area contributed by atoms with Crippen LogP contribution in [0.5, 0.6) is 5.75 Å². The second-order valence-electron chi connectivity index (χ2n) is 3.33. The summed E-state index contributed by atoms with van der Waals surface area (Å²) in [7, 11) is 1.40. The van der Waals surface area contributed by atoms with Crippen LogP contribution in [0.4, 0.5) is 13.2 Å². The molecule has 0 fully saturated rings. The maximum atomic E-state index is 12.4. The minimum absolute atomic E-state index is 0.0531. The van der Waals surface area contributed by atoms with Crippen LogP contribution in [0.3, 0.4) is 0 Å². The van der Waals surface area contributed by atoms with Crippen molar-refractivity contribution >= 4 is 11.0 Å². The Bertz CT molecular complexity index is 613. The number of methoxy groups -OCH3 is 1. The number of alkyl halides is 3. The van der Waals surface area contributed by atoms with Crippen molar-refractivity contribution in [2.24, 2.45) is 0 Å². The lowest BCUT2D eigenvalue weighted by Crippen LogP contribution is -2.10. The van der Waals surface area contributed by atoms with Crippen LogP contribution < -0.4 is 10.2 Å². The molecule has 1 aromatic heterocycles. The fourth-order valence-electron chi connectivity index (χ4n) is 1.40. The molecule has 0 radical (unpaired) electrons. The SMILES string of the molecule is COc1ccc2oc(C(F)(F)F)cc(=O)c2c1. The third kappa shape index (κ3) is 2.11. The molecule has 0 unspecified atom stereocenters. The zero-order chi connectivity index (χ0) is 12.6. The van der Waals surface area contributed by atoms with Crippen molar-refractivity contribution in [3.05, 3.63) is 40.2 Å². The van der Waals surface area contributed by atoms with Crippen LogP contribution >= 0.6 is 0 Å². The molecule has 1 aromatic carbocycles. The lowest BCUT2D eigenvalue weighted by Gasteiger charge is -2.06. The van der Waals surface area contributed by atoms with Gasteiger partial charge in [-0.1, -0.05) is 0 Å². The van der Waals surface area contributed by atoms with Gasteiger partial charge in [-0.3, -0.25) is 4.79 Å². The van der Waals surface area contributed by atoms with Crippen molar-refractivity contribution in [3.8, 4) is 5.75 Å². The predicted octanol–water partition coefficient (Wildman–Crippen LogP) is 2.82. The first-order valence-electron chi connectivity index (χ1n) is 4.61. The van der Waals surface area contributed by atoms with Crippen LogP contribution in [0.2, 0.25) is 0 Å². The Morgan fingerprint density at radius 3 is 2.53 bits per heavy atom. The Morgan fingerprint density at radius 1 is 1.24 bits per heavy atom. The maximum absolute atomic E-state index is 12.4. The summed E-state index contributed by atoms with van der Waals surface area (Å²) >= 11 is 0. The van der Waals surface area contributed by atoms with Gasteiger partial charge in [0.15, 0.2) is 5.43 Å². The highest BCUT2D eigenvalue weighted by atomic mass is 19.4. The molecule has 0 aliphatic heterocycles. The Hall–Kier alpha value is -1.98. The van der Waals surface area contributed by atoms with E-state index in [0.717, 1.165) is 0 Å². The molecule has 0 aliphatic rings. The van der Waals surface area contributed by atoms with Gasteiger partial charge in [0.25, 0.3) is 0 Å². The van der Waals surface area contributed by atoms with E-state index in [2.05, 4.69) is 4.42 Å². The van der Waals surface area contributed by atoms with Crippen molar-refractivity contribution in [2.75, 3.05) is 7.11 Å². The average molecular weight is 244 g/mol. The normalized spacial score (nSPS) is 11.8. The van der Waals surface area contributed by atoms with Crippen LogP contribution in [0.25, 0.3) is 11.0 Å². The van der Waals surface area contributed by atoms with E-state index >= 15 is 0 Å². The summed E-state index contributed by atoms with van der Waals surface area (Å²) in [6.45, 7) is 0. The summed E-state index contributed by atoms with van der Waals surface area (Å²) in [5.41, 5.74) is -0.872. The average Bonchev–Trinajstić information content (AvgIpc) is 2.27. The van der Waals surface area contributed by atoms with Crippen molar-refractivity contribution in [3.63, 3.8) is 0 Å². The number of hydrogen-bond acceptors (Lipinski definition) is 3. The molecule has 0 N–H and O–H groups in total. The van der Waals surface area contributed by atoms with E-state index < -0.39 is 17.4 Å². The molecule has 0 bridgehead atoms. The maximum Gasteiger partial charge on any atom is 0.449 e. The third-order valence-corrected chi connectivity index (χ3v) is 2.21. The van der Waals surface area contributed by atoms with Crippen LogP contribution in [0.1, 0.15) is 5.76 Å². The number of benzene rings is 1. The van der Waals surface area contributed by atoms with Gasteiger partial charge in [-0.25, -0.2) is 0 Å². The minimum Gasteiger partial charge on any atom is -0.497 e. The minimum atomic E-state index is -4.67. The molecular weight excluding hydrogens is 237 g/mol. The monoisotopic (exact) mass is 244 g/mol. The van der Waals surface area contributed by atoms with Crippen LogP contribution in [0.15, 0.2) is 33.5 Å². The molecule has 1 heterocycles. The van der Waals surface area contributed by atoms with Crippen molar-refractivity contribution in [1.82, 2.24) is 0 Å². The molecular formula is C11H7F3O3. The quantitative estimate of drug-likeness (QED) is 0.774. The molecule has 0 atom stereocenters. The van der Waals surface area contributed by atoms with E-state index in [9.17, 15) is 18.0 Å². The fourth-order valence-corrected chi connectivity index (χ4v) is 1.40. The number of hydrogen-bond donors (Lipinski definition) is 0. The first-order valence-corrected chi connectivity index (χ1v) is 4.61. The van der Waals surface area contributed by atoms with Crippen molar-refractivity contribution in [1.29, 1.82) is 0 Å². The van der Waals surface area contributed by atoms with Gasteiger partial charge in [0, 0.05) is 6.07 Å². The van der Waals surface area contributed by atoms with Gasteiger partial charge in [0.2, 0.25) is 5.76 Å². The number of halogens is 3. The van der Waals surface area contributed by atoms with E-state index in [1.54, 1.807) is 0 Å². The van der Waals surface area contributed by atoms with Crippen LogP contribution in [-0.4, -0.2) is 7.11 Å². The van der Waals surface area contributed by atoms with Gasteiger partial charge < -0.3 is 9.15 Å². The van der Waals surface area contributed by atoms with Crippen molar-refractivity contribution in [2.45, 2.75) is 6.18 Å².